The van der Waals surface area contributed by atoms with E-state index >= 15 is 0 Å². The summed E-state index contributed by atoms with van der Waals surface area (Å²) < 4.78 is 2.58. The fourth-order valence-electron chi connectivity index (χ4n) is 2.78. The Bertz CT molecular complexity index is 1060. The average Bonchev–Trinajstić information content (AvgIpc) is 2.59. The normalized spacial score (nSPS) is 11.0. The predicted octanol–water partition coefficient (Wildman–Crippen LogP) is 0.0120. The van der Waals surface area contributed by atoms with E-state index in [2.05, 4.69) is 10.3 Å². The molecule has 0 fully saturated rings. The van der Waals surface area contributed by atoms with Crippen LogP contribution in [-0.4, -0.2) is 41.2 Å². The second kappa shape index (κ2) is 6.04. The molecule has 1 aromatic rings. The van der Waals surface area contributed by atoms with Gasteiger partial charge in [0.2, 0.25) is 5.91 Å². The summed E-state index contributed by atoms with van der Waals surface area (Å²) in [5.41, 5.74) is 0.899. The van der Waals surface area contributed by atoms with Crippen LogP contribution in [-0.2, 0) is 18.4 Å². The molecule has 2 aliphatic rings. The fourth-order valence-corrected chi connectivity index (χ4v) is 2.78. The molecule has 3 rings (SSSR count). The number of carbonyl (C=O) groups excluding carboxylic acids is 1. The summed E-state index contributed by atoms with van der Waals surface area (Å²) in [6.45, 7) is -0.349. The van der Waals surface area contributed by atoms with Crippen LogP contribution in [0.3, 0.4) is 0 Å². The van der Waals surface area contributed by atoms with E-state index in [4.69, 9.17) is 0 Å². The second-order valence-corrected chi connectivity index (χ2v) is 6.04. The van der Waals surface area contributed by atoms with E-state index in [9.17, 15) is 14.4 Å². The number of nitrogens with one attached hydrogen (secondary N) is 1. The van der Waals surface area contributed by atoms with Crippen molar-refractivity contribution in [1.82, 2.24) is 19.4 Å². The molecule has 0 unspecified atom stereocenters. The van der Waals surface area contributed by atoms with E-state index in [1.165, 1.54) is 7.05 Å². The Labute approximate surface area is 143 Å². The van der Waals surface area contributed by atoms with E-state index in [1.807, 2.05) is 37.2 Å². The van der Waals surface area contributed by atoms with E-state index in [1.54, 1.807) is 17.7 Å². The fraction of sp³-hybridized carbons (Fsp3) is 0.294. The van der Waals surface area contributed by atoms with Crippen molar-refractivity contribution < 1.29 is 4.79 Å². The minimum Gasteiger partial charge on any atom is -0.378 e. The molecular formula is C17H19N5O3. The quantitative estimate of drug-likeness (QED) is 0.678. The molecule has 130 valence electrons. The summed E-state index contributed by atoms with van der Waals surface area (Å²) in [6.07, 6.45) is 0. The predicted molar refractivity (Wildman–Crippen MR) is 96.3 cm³/mol. The van der Waals surface area contributed by atoms with E-state index in [0.717, 1.165) is 21.2 Å². The maximum Gasteiger partial charge on any atom is 0.352 e. The monoisotopic (exact) mass is 341 g/mol. The number of aromatic nitrogens is 3. The maximum absolute atomic E-state index is 12.7. The lowest BCUT2D eigenvalue weighted by Gasteiger charge is -2.18. The molecule has 2 heterocycles. The van der Waals surface area contributed by atoms with Crippen LogP contribution < -0.4 is 21.5 Å². The topological polar surface area (TPSA) is 89.2 Å². The number of fused-ring (bicyclic) bond motifs is 2. The van der Waals surface area contributed by atoms with Gasteiger partial charge in [-0.2, -0.15) is 4.98 Å². The van der Waals surface area contributed by atoms with Gasteiger partial charge in [-0.05, 0) is 23.6 Å². The number of hydrogen-bond acceptors (Lipinski definition) is 5. The van der Waals surface area contributed by atoms with Gasteiger partial charge in [-0.15, -0.1) is 0 Å². The average molecular weight is 341 g/mol. The molecule has 1 aromatic carbocycles. The van der Waals surface area contributed by atoms with Crippen LogP contribution in [0.1, 0.15) is 0 Å². The first-order valence-corrected chi connectivity index (χ1v) is 7.75. The maximum atomic E-state index is 12.7. The van der Waals surface area contributed by atoms with E-state index in [0.29, 0.717) is 11.4 Å². The Morgan fingerprint density at radius 3 is 2.60 bits per heavy atom. The minimum atomic E-state index is -0.736. The van der Waals surface area contributed by atoms with Gasteiger partial charge in [0.05, 0.1) is 11.1 Å². The Balaban J connectivity index is 2.34. The van der Waals surface area contributed by atoms with Crippen molar-refractivity contribution in [1.29, 1.82) is 0 Å². The van der Waals surface area contributed by atoms with Crippen LogP contribution in [0.25, 0.3) is 22.3 Å². The highest BCUT2D eigenvalue weighted by Crippen LogP contribution is 2.26. The van der Waals surface area contributed by atoms with Crippen molar-refractivity contribution in [3.63, 3.8) is 0 Å². The number of aryl methyl sites for hydroxylation is 1. The SMILES string of the molecule is CNC(=O)Cn1c(=O)nc2n(C)c3cc(N(C)C)ccc3cc-2c1=O. The molecule has 0 saturated heterocycles. The number of amides is 1. The van der Waals surface area contributed by atoms with Gasteiger partial charge in [0, 0.05) is 33.9 Å². The largest absolute Gasteiger partial charge is 0.378 e. The van der Waals surface area contributed by atoms with Gasteiger partial charge in [-0.3, -0.25) is 9.59 Å². The number of carbonyl (C=O) groups is 1. The summed E-state index contributed by atoms with van der Waals surface area (Å²) >= 11 is 0. The molecule has 0 aliphatic carbocycles. The molecule has 1 amide bonds. The third-order valence-corrected chi connectivity index (χ3v) is 4.24. The van der Waals surface area contributed by atoms with Crippen molar-refractivity contribution in [3.8, 4) is 11.4 Å². The lowest BCUT2D eigenvalue weighted by atomic mass is 10.1. The highest BCUT2D eigenvalue weighted by molar-refractivity contribution is 5.88. The first kappa shape index (κ1) is 16.7. The molecule has 0 bridgehead atoms. The lowest BCUT2D eigenvalue weighted by molar-refractivity contribution is -0.121. The number of pyridine rings is 1. The molecule has 2 aliphatic heterocycles. The molecule has 8 heteroatoms. The van der Waals surface area contributed by atoms with Crippen molar-refractivity contribution in [3.05, 3.63) is 45.1 Å². The van der Waals surface area contributed by atoms with Crippen LogP contribution in [0.15, 0.2) is 33.9 Å². The first-order chi connectivity index (χ1) is 11.8. The highest BCUT2D eigenvalue weighted by atomic mass is 16.2. The van der Waals surface area contributed by atoms with Crippen LogP contribution in [0.2, 0.25) is 0 Å². The summed E-state index contributed by atoms with van der Waals surface area (Å²) in [5.74, 6) is -0.132. The van der Waals surface area contributed by atoms with Gasteiger partial charge in [-0.1, -0.05) is 6.07 Å². The van der Waals surface area contributed by atoms with Gasteiger partial charge >= 0.3 is 5.69 Å². The van der Waals surface area contributed by atoms with E-state index < -0.39 is 17.2 Å². The standard InChI is InChI=1S/C17H19N5O3/c1-18-14(23)9-22-16(24)12-7-10-5-6-11(20(2)3)8-13(10)21(4)15(12)19-17(22)25/h5-8H,9H2,1-4H3,(H,18,23). The van der Waals surface area contributed by atoms with Crippen LogP contribution in [0.5, 0.6) is 0 Å². The highest BCUT2D eigenvalue weighted by Gasteiger charge is 2.19. The Morgan fingerprint density at radius 2 is 1.96 bits per heavy atom. The number of rotatable bonds is 3. The van der Waals surface area contributed by atoms with Gasteiger partial charge in [0.1, 0.15) is 6.54 Å². The zero-order valence-corrected chi connectivity index (χ0v) is 14.5. The zero-order chi connectivity index (χ0) is 18.3. The summed E-state index contributed by atoms with van der Waals surface area (Å²) in [6, 6.07) is 7.54. The molecule has 8 nitrogen and oxygen atoms in total. The van der Waals surface area contributed by atoms with Crippen LogP contribution in [0.4, 0.5) is 5.69 Å². The molecule has 1 N–H and O–H groups in total. The van der Waals surface area contributed by atoms with Crippen molar-refractivity contribution in [2.24, 2.45) is 7.05 Å². The molecule has 0 atom stereocenters. The molecular weight excluding hydrogens is 322 g/mol. The van der Waals surface area contributed by atoms with Gasteiger partial charge in [0.15, 0.2) is 5.82 Å². The van der Waals surface area contributed by atoms with Crippen LogP contribution >= 0.6 is 0 Å². The number of benzene rings is 1. The van der Waals surface area contributed by atoms with Crippen LogP contribution in [0, 0.1) is 0 Å². The van der Waals surface area contributed by atoms with E-state index in [-0.39, 0.29) is 6.54 Å². The third-order valence-electron chi connectivity index (χ3n) is 4.24. The molecule has 0 spiro atoms. The summed E-state index contributed by atoms with van der Waals surface area (Å²) in [7, 11) is 7.09. The molecule has 0 radical (unpaired) electrons. The molecule has 0 aromatic heterocycles. The van der Waals surface area contributed by atoms with Crippen molar-refractivity contribution >= 4 is 22.5 Å². The van der Waals surface area contributed by atoms with Gasteiger partial charge in [0.25, 0.3) is 5.56 Å². The van der Waals surface area contributed by atoms with Gasteiger partial charge < -0.3 is 14.8 Å². The second-order valence-electron chi connectivity index (χ2n) is 6.04. The smallest absolute Gasteiger partial charge is 0.352 e. The molecule has 25 heavy (non-hydrogen) atoms. The first-order valence-electron chi connectivity index (χ1n) is 7.75. The Hall–Kier alpha value is -3.16. The number of anilines is 1. The Morgan fingerprint density at radius 1 is 1.24 bits per heavy atom. The third kappa shape index (κ3) is 2.75. The number of likely N-dealkylation sites (N-methyl/N-ethyl adjacent to an activating group) is 1. The molecule has 0 saturated carbocycles. The summed E-state index contributed by atoms with van der Waals surface area (Å²) in [4.78, 5) is 42.5. The summed E-state index contributed by atoms with van der Waals surface area (Å²) in [5, 5.41) is 3.25. The Kier molecular flexibility index (Phi) is 4.03. The lowest BCUT2D eigenvalue weighted by Crippen LogP contribution is -2.41. The number of hydrogen-bond donors (Lipinski definition) is 1. The van der Waals surface area contributed by atoms with Crippen molar-refractivity contribution in [2.45, 2.75) is 6.54 Å². The number of nitrogens with zero attached hydrogens (tertiary/aromatic N) is 4. The zero-order valence-electron chi connectivity index (χ0n) is 14.5. The van der Waals surface area contributed by atoms with Gasteiger partial charge in [-0.25, -0.2) is 9.36 Å². The minimum absolute atomic E-state index is 0.298. The van der Waals surface area contributed by atoms with Crippen molar-refractivity contribution in [2.75, 3.05) is 26.0 Å².